The van der Waals surface area contributed by atoms with Gasteiger partial charge in [-0.05, 0) is 12.8 Å². The lowest BCUT2D eigenvalue weighted by atomic mass is 9.69. The number of morpholine rings is 1. The summed E-state index contributed by atoms with van der Waals surface area (Å²) in [5.74, 6) is 0.738. The molecule has 0 aromatic carbocycles. The Bertz CT molecular complexity index is 419. The highest BCUT2D eigenvalue weighted by Gasteiger charge is 2.81. The molecule has 4 fully saturated rings. The number of carbonyl (C=O) groups is 1. The van der Waals surface area contributed by atoms with Crippen molar-refractivity contribution in [3.63, 3.8) is 0 Å². The topological polar surface area (TPSA) is 38.8 Å². The molecular weight excluding hydrogens is 230 g/mol. The SMILES string of the molecule is C[C@@]12CO[C@]3(N4CCOCC4)C(=O)[C@@]1(C)CC[C@@H]32. The van der Waals surface area contributed by atoms with Crippen LogP contribution in [0, 0.1) is 16.7 Å². The van der Waals surface area contributed by atoms with Gasteiger partial charge in [-0.25, -0.2) is 0 Å². The van der Waals surface area contributed by atoms with E-state index in [4.69, 9.17) is 9.47 Å². The van der Waals surface area contributed by atoms with E-state index < -0.39 is 5.72 Å². The van der Waals surface area contributed by atoms with E-state index >= 15 is 0 Å². The molecule has 0 amide bonds. The molecule has 4 nitrogen and oxygen atoms in total. The molecule has 2 saturated carbocycles. The van der Waals surface area contributed by atoms with E-state index in [9.17, 15) is 4.79 Å². The predicted octanol–water partition coefficient (Wildman–Crippen LogP) is 1.05. The first-order chi connectivity index (χ1) is 8.56. The Balaban J connectivity index is 1.80. The van der Waals surface area contributed by atoms with Gasteiger partial charge in [-0.1, -0.05) is 13.8 Å². The van der Waals surface area contributed by atoms with Gasteiger partial charge < -0.3 is 9.47 Å². The first-order valence-corrected chi connectivity index (χ1v) is 7.07. The molecule has 2 aliphatic carbocycles. The Morgan fingerprint density at radius 1 is 1.28 bits per heavy atom. The van der Waals surface area contributed by atoms with E-state index in [0.29, 0.717) is 11.7 Å². The molecule has 100 valence electrons. The van der Waals surface area contributed by atoms with E-state index in [1.54, 1.807) is 0 Å². The molecule has 0 N–H and O–H groups in total. The summed E-state index contributed by atoms with van der Waals surface area (Å²) in [5, 5.41) is 0. The lowest BCUT2D eigenvalue weighted by Gasteiger charge is -2.47. The summed E-state index contributed by atoms with van der Waals surface area (Å²) in [6, 6.07) is 0. The fourth-order valence-electron chi connectivity index (χ4n) is 5.01. The molecule has 4 atom stereocenters. The molecule has 4 rings (SSSR count). The van der Waals surface area contributed by atoms with Crippen molar-refractivity contribution in [3.8, 4) is 0 Å². The van der Waals surface area contributed by atoms with Crippen molar-refractivity contribution < 1.29 is 14.3 Å². The smallest absolute Gasteiger partial charge is 0.186 e. The van der Waals surface area contributed by atoms with Gasteiger partial charge in [-0.3, -0.25) is 9.69 Å². The maximum atomic E-state index is 13.0. The number of ketones is 1. The molecule has 2 saturated heterocycles. The van der Waals surface area contributed by atoms with Gasteiger partial charge in [0.2, 0.25) is 0 Å². The molecule has 0 spiro atoms. The fraction of sp³-hybridized carbons (Fsp3) is 0.929. The summed E-state index contributed by atoms with van der Waals surface area (Å²) in [6.45, 7) is 8.27. The minimum absolute atomic E-state index is 0.0579. The normalized spacial score (nSPS) is 55.4. The zero-order valence-electron chi connectivity index (χ0n) is 11.2. The molecule has 4 heteroatoms. The van der Waals surface area contributed by atoms with Gasteiger partial charge in [0.25, 0.3) is 0 Å². The van der Waals surface area contributed by atoms with Crippen molar-refractivity contribution in [2.75, 3.05) is 32.9 Å². The van der Waals surface area contributed by atoms with Crippen LogP contribution in [0.4, 0.5) is 0 Å². The Hall–Kier alpha value is -0.450. The van der Waals surface area contributed by atoms with E-state index in [1.165, 1.54) is 0 Å². The summed E-state index contributed by atoms with van der Waals surface area (Å²) in [7, 11) is 0. The highest BCUT2D eigenvalue weighted by Crippen LogP contribution is 2.72. The minimum Gasteiger partial charge on any atom is -0.379 e. The summed E-state index contributed by atoms with van der Waals surface area (Å²) in [6.07, 6.45) is 2.18. The maximum absolute atomic E-state index is 13.0. The first kappa shape index (κ1) is 11.4. The third-order valence-corrected chi connectivity index (χ3v) is 6.33. The third kappa shape index (κ3) is 0.928. The third-order valence-electron chi connectivity index (χ3n) is 6.33. The molecule has 4 bridgehead atoms. The highest BCUT2D eigenvalue weighted by atomic mass is 16.5. The van der Waals surface area contributed by atoms with Crippen LogP contribution in [0.2, 0.25) is 0 Å². The number of nitrogens with zero attached hydrogens (tertiary/aromatic N) is 1. The average molecular weight is 251 g/mol. The number of hydrogen-bond acceptors (Lipinski definition) is 4. The van der Waals surface area contributed by atoms with Crippen LogP contribution in [0.5, 0.6) is 0 Å². The van der Waals surface area contributed by atoms with Crippen molar-refractivity contribution >= 4 is 5.78 Å². The molecule has 0 aromatic heterocycles. The van der Waals surface area contributed by atoms with Crippen LogP contribution in [-0.4, -0.2) is 49.3 Å². The van der Waals surface area contributed by atoms with Gasteiger partial charge in [0, 0.05) is 29.8 Å². The number of ether oxygens (including phenoxy) is 2. The van der Waals surface area contributed by atoms with Gasteiger partial charge in [-0.2, -0.15) is 0 Å². The second kappa shape index (κ2) is 3.17. The summed E-state index contributed by atoms with van der Waals surface area (Å²) in [5.41, 5.74) is -0.706. The van der Waals surface area contributed by atoms with Crippen LogP contribution >= 0.6 is 0 Å². The number of hydrogen-bond donors (Lipinski definition) is 0. The van der Waals surface area contributed by atoms with Crippen LogP contribution in [0.25, 0.3) is 0 Å². The fourth-order valence-corrected chi connectivity index (χ4v) is 5.01. The predicted molar refractivity (Wildman–Crippen MR) is 65.0 cm³/mol. The summed E-state index contributed by atoms with van der Waals surface area (Å²) in [4.78, 5) is 15.2. The standard InChI is InChI=1S/C14H21NO3/c1-12-4-3-10-13(12,2)9-18-14(10,11(12)16)15-5-7-17-8-6-15/h10H,3-9H2,1-2H3/t10-,12-,13+,14+/m1/s1. The molecule has 0 radical (unpaired) electrons. The molecule has 0 aromatic rings. The van der Waals surface area contributed by atoms with Crippen molar-refractivity contribution in [3.05, 3.63) is 0 Å². The average Bonchev–Trinajstić information content (AvgIpc) is 2.88. The van der Waals surface area contributed by atoms with Gasteiger partial charge >= 0.3 is 0 Å². The Morgan fingerprint density at radius 3 is 2.61 bits per heavy atom. The molecule has 2 heterocycles. The van der Waals surface area contributed by atoms with Crippen LogP contribution < -0.4 is 0 Å². The van der Waals surface area contributed by atoms with Crippen LogP contribution in [0.3, 0.4) is 0 Å². The Labute approximate surface area is 108 Å². The molecule has 18 heavy (non-hydrogen) atoms. The second-order valence-corrected chi connectivity index (χ2v) is 6.75. The quantitative estimate of drug-likeness (QED) is 0.698. The molecule has 2 aliphatic heterocycles. The molecule has 4 aliphatic rings. The van der Waals surface area contributed by atoms with Gasteiger partial charge in [0.1, 0.15) is 0 Å². The van der Waals surface area contributed by atoms with Crippen molar-refractivity contribution in [2.24, 2.45) is 16.7 Å². The van der Waals surface area contributed by atoms with Crippen molar-refractivity contribution in [1.29, 1.82) is 0 Å². The largest absolute Gasteiger partial charge is 0.379 e. The van der Waals surface area contributed by atoms with Crippen LogP contribution in [0.15, 0.2) is 0 Å². The highest BCUT2D eigenvalue weighted by molar-refractivity contribution is 5.98. The lowest BCUT2D eigenvalue weighted by molar-refractivity contribution is -0.200. The lowest BCUT2D eigenvalue weighted by Crippen LogP contribution is -2.63. The van der Waals surface area contributed by atoms with E-state index in [2.05, 4.69) is 18.7 Å². The van der Waals surface area contributed by atoms with Gasteiger partial charge in [0.15, 0.2) is 11.5 Å². The summed E-state index contributed by atoms with van der Waals surface area (Å²) < 4.78 is 11.5. The van der Waals surface area contributed by atoms with E-state index in [0.717, 1.165) is 45.8 Å². The van der Waals surface area contributed by atoms with Gasteiger partial charge in [-0.15, -0.1) is 0 Å². The van der Waals surface area contributed by atoms with Crippen molar-refractivity contribution in [2.45, 2.75) is 32.4 Å². The first-order valence-electron chi connectivity index (χ1n) is 7.07. The van der Waals surface area contributed by atoms with Gasteiger partial charge in [0.05, 0.1) is 19.8 Å². The number of carbonyl (C=O) groups excluding carboxylic acids is 1. The second-order valence-electron chi connectivity index (χ2n) is 6.75. The maximum Gasteiger partial charge on any atom is 0.186 e. The zero-order chi connectivity index (χ0) is 12.6. The number of rotatable bonds is 1. The number of Topliss-reactive ketones (excluding diaryl/α,β-unsaturated/α-hetero) is 1. The van der Waals surface area contributed by atoms with Crippen LogP contribution in [-0.2, 0) is 14.3 Å². The summed E-state index contributed by atoms with van der Waals surface area (Å²) >= 11 is 0. The minimum atomic E-state index is -0.606. The molecular formula is C14H21NO3. The monoisotopic (exact) mass is 251 g/mol. The Kier molecular flexibility index (Phi) is 2.00. The van der Waals surface area contributed by atoms with E-state index in [-0.39, 0.29) is 10.8 Å². The zero-order valence-corrected chi connectivity index (χ0v) is 11.2. The molecule has 0 unspecified atom stereocenters. The van der Waals surface area contributed by atoms with E-state index in [1.807, 2.05) is 0 Å². The van der Waals surface area contributed by atoms with Crippen molar-refractivity contribution in [1.82, 2.24) is 4.90 Å². The van der Waals surface area contributed by atoms with Crippen LogP contribution in [0.1, 0.15) is 26.7 Å². The Morgan fingerprint density at radius 2 is 2.00 bits per heavy atom.